The highest BCUT2D eigenvalue weighted by Crippen LogP contribution is 2.20. The summed E-state index contributed by atoms with van der Waals surface area (Å²) in [6.07, 6.45) is 2.66. The Morgan fingerprint density at radius 2 is 2.17 bits per heavy atom. The molecule has 0 unspecified atom stereocenters. The Balaban J connectivity index is 1.88. The summed E-state index contributed by atoms with van der Waals surface area (Å²) >= 11 is 0. The first-order valence-corrected chi connectivity index (χ1v) is 8.43. The highest BCUT2D eigenvalue weighted by molar-refractivity contribution is 5.90. The summed E-state index contributed by atoms with van der Waals surface area (Å²) in [6, 6.07) is 7.75. The Labute approximate surface area is 143 Å². The highest BCUT2D eigenvalue weighted by atomic mass is 16.3. The molecule has 1 aromatic rings. The lowest BCUT2D eigenvalue weighted by molar-refractivity contribution is 0.134. The molecule has 2 amide bonds. The van der Waals surface area contributed by atoms with E-state index in [9.17, 15) is 4.79 Å². The fourth-order valence-electron chi connectivity index (χ4n) is 3.03. The molecule has 1 heterocycles. The van der Waals surface area contributed by atoms with E-state index in [2.05, 4.69) is 23.3 Å². The molecule has 2 rings (SSSR count). The van der Waals surface area contributed by atoms with Crippen molar-refractivity contribution < 1.29 is 9.90 Å². The predicted octanol–water partition coefficient (Wildman–Crippen LogP) is 2.18. The minimum atomic E-state index is -0.107. The molecule has 0 spiro atoms. The van der Waals surface area contributed by atoms with Gasteiger partial charge in [-0.3, -0.25) is 0 Å². The quantitative estimate of drug-likeness (QED) is 0.867. The van der Waals surface area contributed by atoms with E-state index in [-0.39, 0.29) is 12.6 Å². The van der Waals surface area contributed by atoms with Gasteiger partial charge in [-0.1, -0.05) is 6.07 Å². The number of carbonyl (C=O) groups is 1. The zero-order chi connectivity index (χ0) is 17.5. The summed E-state index contributed by atoms with van der Waals surface area (Å²) in [5.41, 5.74) is 2.18. The first-order chi connectivity index (χ1) is 11.5. The lowest BCUT2D eigenvalue weighted by atomic mass is 10.0. The minimum absolute atomic E-state index is 0.107. The van der Waals surface area contributed by atoms with E-state index in [4.69, 9.17) is 10.4 Å². The van der Waals surface area contributed by atoms with E-state index in [1.807, 2.05) is 17.9 Å². The van der Waals surface area contributed by atoms with Crippen molar-refractivity contribution >= 4 is 11.7 Å². The van der Waals surface area contributed by atoms with Gasteiger partial charge in [-0.2, -0.15) is 5.26 Å². The molecule has 0 aliphatic carbocycles. The van der Waals surface area contributed by atoms with Gasteiger partial charge in [0.2, 0.25) is 0 Å². The number of aliphatic hydroxyl groups is 1. The van der Waals surface area contributed by atoms with Crippen LogP contribution in [-0.2, 0) is 0 Å². The van der Waals surface area contributed by atoms with Crippen LogP contribution >= 0.6 is 0 Å². The Bertz CT molecular complexity index is 604. The van der Waals surface area contributed by atoms with Crippen LogP contribution < -0.4 is 5.32 Å². The highest BCUT2D eigenvalue weighted by Gasteiger charge is 2.25. The van der Waals surface area contributed by atoms with Crippen molar-refractivity contribution in [1.29, 1.82) is 5.26 Å². The largest absolute Gasteiger partial charge is 0.396 e. The standard InChI is InChI=1S/C18H26N4O2/c1-14-4-5-15(13-19)12-17(14)20-18(24)22-9-6-16(7-10-22)21(2)8-3-11-23/h4-5,12,16,23H,3,6-11H2,1-2H3,(H,20,24). The van der Waals surface area contributed by atoms with Gasteiger partial charge in [-0.15, -0.1) is 0 Å². The molecule has 0 aromatic heterocycles. The average Bonchev–Trinajstić information content (AvgIpc) is 2.61. The first-order valence-electron chi connectivity index (χ1n) is 8.43. The van der Waals surface area contributed by atoms with Crippen LogP contribution in [0.15, 0.2) is 18.2 Å². The molecule has 1 saturated heterocycles. The molecule has 6 heteroatoms. The zero-order valence-corrected chi connectivity index (χ0v) is 14.5. The van der Waals surface area contributed by atoms with Gasteiger partial charge in [0.25, 0.3) is 0 Å². The third-order valence-electron chi connectivity index (χ3n) is 4.65. The van der Waals surface area contributed by atoms with Crippen molar-refractivity contribution in [3.63, 3.8) is 0 Å². The molecule has 0 atom stereocenters. The molecule has 24 heavy (non-hydrogen) atoms. The first kappa shape index (κ1) is 18.2. The number of piperidine rings is 1. The van der Waals surface area contributed by atoms with Crippen molar-refractivity contribution in [3.05, 3.63) is 29.3 Å². The van der Waals surface area contributed by atoms with Crippen LogP contribution in [0.25, 0.3) is 0 Å². The fourth-order valence-corrected chi connectivity index (χ4v) is 3.03. The Morgan fingerprint density at radius 3 is 2.79 bits per heavy atom. The maximum absolute atomic E-state index is 12.5. The van der Waals surface area contributed by atoms with Crippen LogP contribution in [0, 0.1) is 18.3 Å². The summed E-state index contributed by atoms with van der Waals surface area (Å²) in [5, 5.41) is 20.8. The lowest BCUT2D eigenvalue weighted by Gasteiger charge is -2.36. The maximum Gasteiger partial charge on any atom is 0.321 e. The number of aryl methyl sites for hydroxylation is 1. The number of benzene rings is 1. The van der Waals surface area contributed by atoms with E-state index in [1.54, 1.807) is 12.1 Å². The van der Waals surface area contributed by atoms with Crippen molar-refractivity contribution in [2.75, 3.05) is 38.6 Å². The number of carbonyl (C=O) groups excluding carboxylic acids is 1. The second-order valence-corrected chi connectivity index (χ2v) is 6.35. The van der Waals surface area contributed by atoms with Crippen molar-refractivity contribution in [1.82, 2.24) is 9.80 Å². The van der Waals surface area contributed by atoms with Gasteiger partial charge in [0, 0.05) is 38.0 Å². The Kier molecular flexibility index (Phi) is 6.59. The maximum atomic E-state index is 12.5. The van der Waals surface area contributed by atoms with Gasteiger partial charge < -0.3 is 20.2 Å². The van der Waals surface area contributed by atoms with Crippen LogP contribution in [0.1, 0.15) is 30.4 Å². The molecule has 1 fully saturated rings. The Morgan fingerprint density at radius 1 is 1.46 bits per heavy atom. The van der Waals surface area contributed by atoms with E-state index >= 15 is 0 Å². The monoisotopic (exact) mass is 330 g/mol. The van der Waals surface area contributed by atoms with Crippen molar-refractivity contribution in [3.8, 4) is 6.07 Å². The van der Waals surface area contributed by atoms with Gasteiger partial charge in [-0.25, -0.2) is 4.79 Å². The predicted molar refractivity (Wildman–Crippen MR) is 93.8 cm³/mol. The van der Waals surface area contributed by atoms with Crippen LogP contribution in [0.5, 0.6) is 0 Å². The van der Waals surface area contributed by atoms with Gasteiger partial charge in [0.05, 0.1) is 11.6 Å². The van der Waals surface area contributed by atoms with Gasteiger partial charge in [0.1, 0.15) is 0 Å². The second kappa shape index (κ2) is 8.67. The molecule has 2 N–H and O–H groups in total. The summed E-state index contributed by atoms with van der Waals surface area (Å²) in [5.74, 6) is 0. The van der Waals surface area contributed by atoms with Crippen LogP contribution in [-0.4, -0.2) is 60.3 Å². The third-order valence-corrected chi connectivity index (χ3v) is 4.65. The number of aliphatic hydroxyl groups excluding tert-OH is 1. The Hall–Kier alpha value is -2.10. The van der Waals surface area contributed by atoms with E-state index in [1.165, 1.54) is 0 Å². The normalized spacial score (nSPS) is 15.4. The number of hydrogen-bond acceptors (Lipinski definition) is 4. The molecule has 0 radical (unpaired) electrons. The number of amides is 2. The van der Waals surface area contributed by atoms with E-state index in [0.29, 0.717) is 17.3 Å². The number of rotatable bonds is 5. The molecular formula is C18H26N4O2. The molecular weight excluding hydrogens is 304 g/mol. The number of likely N-dealkylation sites (tertiary alicyclic amines) is 1. The number of nitrogens with one attached hydrogen (secondary N) is 1. The summed E-state index contributed by atoms with van der Waals surface area (Å²) in [7, 11) is 2.08. The number of nitriles is 1. The van der Waals surface area contributed by atoms with Gasteiger partial charge >= 0.3 is 6.03 Å². The fraction of sp³-hybridized carbons (Fsp3) is 0.556. The number of anilines is 1. The summed E-state index contributed by atoms with van der Waals surface area (Å²) in [4.78, 5) is 16.6. The average molecular weight is 330 g/mol. The topological polar surface area (TPSA) is 79.6 Å². The lowest BCUT2D eigenvalue weighted by Crippen LogP contribution is -2.47. The number of urea groups is 1. The minimum Gasteiger partial charge on any atom is -0.396 e. The molecule has 0 saturated carbocycles. The number of hydrogen-bond donors (Lipinski definition) is 2. The van der Waals surface area contributed by atoms with Crippen molar-refractivity contribution in [2.45, 2.75) is 32.2 Å². The van der Waals surface area contributed by atoms with Gasteiger partial charge in [-0.05, 0) is 50.9 Å². The van der Waals surface area contributed by atoms with Crippen LogP contribution in [0.2, 0.25) is 0 Å². The van der Waals surface area contributed by atoms with E-state index < -0.39 is 0 Å². The molecule has 6 nitrogen and oxygen atoms in total. The second-order valence-electron chi connectivity index (χ2n) is 6.35. The summed E-state index contributed by atoms with van der Waals surface area (Å²) in [6.45, 7) is 4.45. The molecule has 1 aliphatic heterocycles. The SMILES string of the molecule is Cc1ccc(C#N)cc1NC(=O)N1CCC(N(C)CCCO)CC1. The van der Waals surface area contributed by atoms with Crippen molar-refractivity contribution in [2.24, 2.45) is 0 Å². The third kappa shape index (κ3) is 4.70. The molecule has 0 bridgehead atoms. The smallest absolute Gasteiger partial charge is 0.321 e. The molecule has 130 valence electrons. The van der Waals surface area contributed by atoms with E-state index in [0.717, 1.165) is 44.5 Å². The van der Waals surface area contributed by atoms with Crippen LogP contribution in [0.4, 0.5) is 10.5 Å². The molecule has 1 aliphatic rings. The number of nitrogens with zero attached hydrogens (tertiary/aromatic N) is 3. The summed E-state index contributed by atoms with van der Waals surface area (Å²) < 4.78 is 0. The van der Waals surface area contributed by atoms with Crippen LogP contribution in [0.3, 0.4) is 0 Å². The molecule has 1 aromatic carbocycles. The zero-order valence-electron chi connectivity index (χ0n) is 14.5. The van der Waals surface area contributed by atoms with Gasteiger partial charge in [0.15, 0.2) is 0 Å².